The van der Waals surface area contributed by atoms with E-state index in [9.17, 15) is 4.39 Å². The number of benzene rings is 2. The summed E-state index contributed by atoms with van der Waals surface area (Å²) in [6, 6.07) is 16.9. The van der Waals surface area contributed by atoms with Crippen LogP contribution in [0.1, 0.15) is 11.3 Å². The number of thioether (sulfide) groups is 2. The number of fused-ring (bicyclic) bond motifs is 2. The van der Waals surface area contributed by atoms with E-state index in [0.717, 1.165) is 39.9 Å². The van der Waals surface area contributed by atoms with Gasteiger partial charge in [0.2, 0.25) is 5.88 Å². The third-order valence-electron chi connectivity index (χ3n) is 5.13. The number of aromatic nitrogens is 3. The molecule has 0 saturated heterocycles. The SMILES string of the molecule is Fc1ccc2cc(CNCc3cn4c(n3)SCC4)c(OCCSc3ccccc3)nc2c1. The van der Waals surface area contributed by atoms with E-state index in [1.54, 1.807) is 29.6 Å². The number of hydrogen-bond donors (Lipinski definition) is 1. The average Bonchev–Trinajstić information content (AvgIpc) is 3.40. The molecule has 5 rings (SSSR count). The maximum absolute atomic E-state index is 13.7. The molecule has 0 saturated carbocycles. The molecule has 4 aromatic rings. The van der Waals surface area contributed by atoms with Crippen LogP contribution < -0.4 is 10.1 Å². The summed E-state index contributed by atoms with van der Waals surface area (Å²) in [7, 11) is 0. The Hall–Kier alpha value is -2.55. The van der Waals surface area contributed by atoms with Gasteiger partial charge in [-0.15, -0.1) is 11.8 Å². The fourth-order valence-electron chi connectivity index (χ4n) is 3.60. The minimum Gasteiger partial charge on any atom is -0.477 e. The van der Waals surface area contributed by atoms with Gasteiger partial charge in [0.05, 0.1) is 17.8 Å². The van der Waals surface area contributed by atoms with Crippen LogP contribution in [-0.2, 0) is 19.6 Å². The molecule has 1 N–H and O–H groups in total. The van der Waals surface area contributed by atoms with E-state index in [-0.39, 0.29) is 5.82 Å². The molecule has 2 aromatic carbocycles. The van der Waals surface area contributed by atoms with E-state index in [2.05, 4.69) is 38.2 Å². The molecule has 0 radical (unpaired) electrons. The first kappa shape index (κ1) is 21.3. The Balaban J connectivity index is 1.26. The molecule has 1 aliphatic rings. The van der Waals surface area contributed by atoms with Gasteiger partial charge in [0.1, 0.15) is 5.82 Å². The minimum atomic E-state index is -0.299. The molecule has 0 amide bonds. The Kier molecular flexibility index (Phi) is 6.61. The van der Waals surface area contributed by atoms with Gasteiger partial charge >= 0.3 is 0 Å². The summed E-state index contributed by atoms with van der Waals surface area (Å²) < 4.78 is 22.0. The molecule has 0 aliphatic carbocycles. The second-order valence-electron chi connectivity index (χ2n) is 7.46. The number of pyridine rings is 1. The van der Waals surface area contributed by atoms with Crippen molar-refractivity contribution in [2.75, 3.05) is 18.1 Å². The molecule has 0 fully saturated rings. The van der Waals surface area contributed by atoms with Crippen molar-refractivity contribution < 1.29 is 9.13 Å². The summed E-state index contributed by atoms with van der Waals surface area (Å²) in [6.45, 7) is 2.81. The predicted molar refractivity (Wildman–Crippen MR) is 128 cm³/mol. The number of nitrogens with zero attached hydrogens (tertiary/aromatic N) is 3. The van der Waals surface area contributed by atoms with Crippen LogP contribution in [0.3, 0.4) is 0 Å². The monoisotopic (exact) mass is 466 g/mol. The summed E-state index contributed by atoms with van der Waals surface area (Å²) in [5.74, 6) is 2.15. The van der Waals surface area contributed by atoms with Gasteiger partial charge in [0.15, 0.2) is 5.16 Å². The van der Waals surface area contributed by atoms with Crippen molar-refractivity contribution in [1.29, 1.82) is 0 Å². The Bertz CT molecular complexity index is 1190. The molecule has 0 unspecified atom stereocenters. The van der Waals surface area contributed by atoms with Crippen LogP contribution >= 0.6 is 23.5 Å². The van der Waals surface area contributed by atoms with Gasteiger partial charge in [-0.05, 0) is 30.3 Å². The highest BCUT2D eigenvalue weighted by molar-refractivity contribution is 7.99. The van der Waals surface area contributed by atoms with Gasteiger partial charge < -0.3 is 14.6 Å². The van der Waals surface area contributed by atoms with Gasteiger partial charge in [0.25, 0.3) is 0 Å². The second-order valence-corrected chi connectivity index (χ2v) is 9.69. The largest absolute Gasteiger partial charge is 0.477 e. The van der Waals surface area contributed by atoms with E-state index < -0.39 is 0 Å². The van der Waals surface area contributed by atoms with Crippen molar-refractivity contribution in [3.05, 3.63) is 77.9 Å². The van der Waals surface area contributed by atoms with Gasteiger partial charge in [-0.25, -0.2) is 14.4 Å². The minimum absolute atomic E-state index is 0.299. The number of nitrogens with one attached hydrogen (secondary N) is 1. The second kappa shape index (κ2) is 9.94. The van der Waals surface area contributed by atoms with Crippen LogP contribution in [-0.4, -0.2) is 32.6 Å². The smallest absolute Gasteiger partial charge is 0.218 e. The number of rotatable bonds is 9. The normalized spacial score (nSPS) is 12.9. The van der Waals surface area contributed by atoms with Gasteiger partial charge in [-0.2, -0.15) is 0 Å². The third kappa shape index (κ3) is 5.09. The maximum Gasteiger partial charge on any atom is 0.218 e. The molecule has 3 heterocycles. The van der Waals surface area contributed by atoms with Gasteiger partial charge in [-0.1, -0.05) is 30.0 Å². The van der Waals surface area contributed by atoms with Crippen molar-refractivity contribution >= 4 is 34.4 Å². The maximum atomic E-state index is 13.7. The zero-order valence-corrected chi connectivity index (χ0v) is 19.1. The average molecular weight is 467 g/mol. The van der Waals surface area contributed by atoms with Crippen LogP contribution in [0.4, 0.5) is 4.39 Å². The van der Waals surface area contributed by atoms with Crippen molar-refractivity contribution in [2.24, 2.45) is 0 Å². The molecular weight excluding hydrogens is 443 g/mol. The molecule has 0 atom stereocenters. The highest BCUT2D eigenvalue weighted by Crippen LogP contribution is 2.26. The summed E-state index contributed by atoms with van der Waals surface area (Å²) in [6.07, 6.45) is 2.11. The molecule has 5 nitrogen and oxygen atoms in total. The molecule has 8 heteroatoms. The lowest BCUT2D eigenvalue weighted by atomic mass is 10.1. The number of halogens is 1. The summed E-state index contributed by atoms with van der Waals surface area (Å²) >= 11 is 3.53. The van der Waals surface area contributed by atoms with E-state index in [1.807, 2.05) is 24.3 Å². The van der Waals surface area contributed by atoms with Crippen LogP contribution in [0.15, 0.2) is 70.8 Å². The van der Waals surface area contributed by atoms with Crippen LogP contribution in [0.25, 0.3) is 10.9 Å². The van der Waals surface area contributed by atoms with E-state index in [1.165, 1.54) is 17.0 Å². The first-order chi connectivity index (χ1) is 15.7. The molecule has 2 aromatic heterocycles. The lowest BCUT2D eigenvalue weighted by Crippen LogP contribution is -2.15. The molecule has 32 heavy (non-hydrogen) atoms. The summed E-state index contributed by atoms with van der Waals surface area (Å²) in [5, 5.41) is 5.44. The Labute approximate surface area is 194 Å². The Morgan fingerprint density at radius 3 is 2.88 bits per heavy atom. The highest BCUT2D eigenvalue weighted by atomic mass is 32.2. The Morgan fingerprint density at radius 2 is 2.00 bits per heavy atom. The van der Waals surface area contributed by atoms with Crippen LogP contribution in [0, 0.1) is 5.82 Å². The predicted octanol–water partition coefficient (Wildman–Crippen LogP) is 5.14. The standard InChI is InChI=1S/C24H23FN4OS2/c25-19-7-6-17-12-18(14-26-15-20-16-29-8-10-32-24(29)27-20)23(28-22(17)13-19)30-9-11-31-21-4-2-1-3-5-21/h1-7,12-13,16,26H,8-11,14-15H2. The first-order valence-electron chi connectivity index (χ1n) is 10.5. The molecule has 164 valence electrons. The zero-order valence-electron chi connectivity index (χ0n) is 17.5. The molecular formula is C24H23FN4OS2. The van der Waals surface area contributed by atoms with E-state index >= 15 is 0 Å². The van der Waals surface area contributed by atoms with E-state index in [4.69, 9.17) is 4.74 Å². The topological polar surface area (TPSA) is 52.0 Å². The lowest BCUT2D eigenvalue weighted by molar-refractivity contribution is 0.326. The number of imidazole rings is 1. The lowest BCUT2D eigenvalue weighted by Gasteiger charge is -2.13. The van der Waals surface area contributed by atoms with Crippen LogP contribution in [0.5, 0.6) is 5.88 Å². The molecule has 0 bridgehead atoms. The quantitative estimate of drug-likeness (QED) is 0.272. The fraction of sp³-hybridized carbons (Fsp3) is 0.250. The van der Waals surface area contributed by atoms with Crippen LogP contribution in [0.2, 0.25) is 0 Å². The van der Waals surface area contributed by atoms with Crippen molar-refractivity contribution in [1.82, 2.24) is 19.9 Å². The zero-order chi connectivity index (χ0) is 21.8. The highest BCUT2D eigenvalue weighted by Gasteiger charge is 2.15. The van der Waals surface area contributed by atoms with Crippen molar-refractivity contribution in [3.8, 4) is 5.88 Å². The summed E-state index contributed by atoms with van der Waals surface area (Å²) in [4.78, 5) is 10.5. The van der Waals surface area contributed by atoms with Gasteiger partial charge in [-0.3, -0.25) is 0 Å². The Morgan fingerprint density at radius 1 is 1.09 bits per heavy atom. The molecule has 1 aliphatic heterocycles. The van der Waals surface area contributed by atoms with Gasteiger partial charge in [0, 0.05) is 59.2 Å². The molecule has 0 spiro atoms. The summed E-state index contributed by atoms with van der Waals surface area (Å²) in [5.41, 5.74) is 2.58. The number of aryl methyl sites for hydroxylation is 1. The van der Waals surface area contributed by atoms with Crippen molar-refractivity contribution in [3.63, 3.8) is 0 Å². The third-order valence-corrected chi connectivity index (χ3v) is 7.07. The fourth-order valence-corrected chi connectivity index (χ4v) is 5.32. The number of ether oxygens (including phenoxy) is 1. The number of hydrogen-bond acceptors (Lipinski definition) is 6. The van der Waals surface area contributed by atoms with Crippen molar-refractivity contribution in [2.45, 2.75) is 29.7 Å². The first-order valence-corrected chi connectivity index (χ1v) is 12.5. The van der Waals surface area contributed by atoms with E-state index in [0.29, 0.717) is 31.1 Å².